The lowest BCUT2D eigenvalue weighted by atomic mass is 9.90. The van der Waals surface area contributed by atoms with Gasteiger partial charge in [-0.05, 0) is 30.5 Å². The molecular weight excluding hydrogens is 348 g/mol. The zero-order valence-corrected chi connectivity index (χ0v) is 15.6. The van der Waals surface area contributed by atoms with Crippen LogP contribution in [0.3, 0.4) is 0 Å². The normalized spacial score (nSPS) is 16.7. The molecule has 0 bridgehead atoms. The Morgan fingerprint density at radius 3 is 2.78 bits per heavy atom. The summed E-state index contributed by atoms with van der Waals surface area (Å²) in [5, 5.41) is 2.68. The predicted octanol–water partition coefficient (Wildman–Crippen LogP) is 3.28. The van der Waals surface area contributed by atoms with E-state index in [1.807, 2.05) is 29.2 Å². The van der Waals surface area contributed by atoms with Gasteiger partial charge in [0.15, 0.2) is 18.8 Å². The predicted molar refractivity (Wildman–Crippen MR) is 99.4 cm³/mol. The van der Waals surface area contributed by atoms with Gasteiger partial charge in [-0.15, -0.1) is 0 Å². The molecule has 1 fully saturated rings. The number of nitrogens with zero attached hydrogens (tertiary/aromatic N) is 3. The molecule has 3 amide bonds. The third kappa shape index (κ3) is 4.99. The molecule has 1 aliphatic heterocycles. The number of benzene rings is 1. The van der Waals surface area contributed by atoms with E-state index in [2.05, 4.69) is 10.3 Å². The summed E-state index contributed by atoms with van der Waals surface area (Å²) in [5.74, 6) is 0.782. The van der Waals surface area contributed by atoms with Gasteiger partial charge in [0.05, 0.1) is 6.20 Å². The summed E-state index contributed by atoms with van der Waals surface area (Å²) < 4.78 is 10.1. The highest BCUT2D eigenvalue weighted by Crippen LogP contribution is 2.28. The van der Waals surface area contributed by atoms with Gasteiger partial charge in [0.1, 0.15) is 0 Å². The van der Waals surface area contributed by atoms with E-state index in [0.717, 1.165) is 24.9 Å². The Bertz CT molecular complexity index is 759. The van der Waals surface area contributed by atoms with Crippen molar-refractivity contribution in [2.45, 2.75) is 25.4 Å². The Balaban J connectivity index is 1.53. The van der Waals surface area contributed by atoms with E-state index in [1.54, 1.807) is 19.0 Å². The molecule has 1 atom stereocenters. The first-order valence-electron chi connectivity index (χ1n) is 8.90. The molecule has 8 heteroatoms. The highest BCUT2D eigenvalue weighted by atomic mass is 16.6. The molecule has 2 heterocycles. The number of amides is 3. The fraction of sp³-hybridized carbons (Fsp3) is 0.421. The van der Waals surface area contributed by atoms with E-state index < -0.39 is 6.09 Å². The van der Waals surface area contributed by atoms with Crippen LogP contribution >= 0.6 is 0 Å². The minimum absolute atomic E-state index is 0.0295. The Morgan fingerprint density at radius 1 is 1.33 bits per heavy atom. The highest BCUT2D eigenvalue weighted by molar-refractivity contribution is 5.84. The lowest BCUT2D eigenvalue weighted by Gasteiger charge is -2.34. The van der Waals surface area contributed by atoms with Crippen LogP contribution in [0.25, 0.3) is 0 Å². The van der Waals surface area contributed by atoms with Gasteiger partial charge in [0.2, 0.25) is 0 Å². The number of hydrogen-bond acceptors (Lipinski definition) is 5. The average Bonchev–Trinajstić information content (AvgIpc) is 3.20. The van der Waals surface area contributed by atoms with Gasteiger partial charge in [-0.25, -0.2) is 14.6 Å². The highest BCUT2D eigenvalue weighted by Gasteiger charge is 2.25. The van der Waals surface area contributed by atoms with Crippen molar-refractivity contribution in [2.24, 2.45) is 0 Å². The van der Waals surface area contributed by atoms with Crippen LogP contribution in [0.1, 0.15) is 30.1 Å². The maximum absolute atomic E-state index is 12.2. The number of carbonyl (C=O) groups excluding carboxylic acids is 2. The first-order chi connectivity index (χ1) is 13.0. The minimum Gasteiger partial charge on any atom is -0.445 e. The summed E-state index contributed by atoms with van der Waals surface area (Å²) in [4.78, 5) is 31.3. The van der Waals surface area contributed by atoms with Crippen LogP contribution in [-0.4, -0.2) is 54.1 Å². The first-order valence-corrected chi connectivity index (χ1v) is 8.90. The summed E-state index contributed by atoms with van der Waals surface area (Å²) >= 11 is 0. The number of urea groups is 1. The number of aromatic nitrogens is 1. The van der Waals surface area contributed by atoms with E-state index in [-0.39, 0.29) is 12.6 Å². The molecule has 8 nitrogen and oxygen atoms in total. The molecule has 27 heavy (non-hydrogen) atoms. The Labute approximate surface area is 158 Å². The van der Waals surface area contributed by atoms with Crippen LogP contribution in [0, 0.1) is 0 Å². The molecule has 1 saturated heterocycles. The number of carbonyl (C=O) groups is 2. The molecule has 0 radical (unpaired) electrons. The van der Waals surface area contributed by atoms with E-state index in [9.17, 15) is 9.59 Å². The fourth-order valence-electron chi connectivity index (χ4n) is 3.15. The van der Waals surface area contributed by atoms with E-state index in [0.29, 0.717) is 23.9 Å². The molecule has 2 aromatic rings. The maximum Gasteiger partial charge on any atom is 0.412 e. The number of anilines is 1. The van der Waals surface area contributed by atoms with E-state index in [4.69, 9.17) is 9.15 Å². The third-order valence-corrected chi connectivity index (χ3v) is 4.53. The van der Waals surface area contributed by atoms with Crippen molar-refractivity contribution in [3.63, 3.8) is 0 Å². The van der Waals surface area contributed by atoms with Gasteiger partial charge in [-0.1, -0.05) is 12.1 Å². The summed E-state index contributed by atoms with van der Waals surface area (Å²) in [6.45, 7) is 1.54. The van der Waals surface area contributed by atoms with Crippen molar-refractivity contribution >= 4 is 17.8 Å². The largest absolute Gasteiger partial charge is 0.445 e. The number of rotatable bonds is 4. The summed E-state index contributed by atoms with van der Waals surface area (Å²) in [7, 11) is 3.54. The lowest BCUT2D eigenvalue weighted by Crippen LogP contribution is -2.44. The molecule has 1 N–H and O–H groups in total. The molecule has 144 valence electrons. The zero-order valence-electron chi connectivity index (χ0n) is 15.6. The first kappa shape index (κ1) is 18.8. The second-order valence-electron chi connectivity index (χ2n) is 6.75. The summed E-state index contributed by atoms with van der Waals surface area (Å²) in [6.07, 6.45) is 4.26. The number of hydrogen-bond donors (Lipinski definition) is 1. The number of piperidine rings is 1. The number of nitrogens with one attached hydrogen (secondary N) is 1. The number of oxazole rings is 1. The average molecular weight is 372 g/mol. The molecule has 0 saturated carbocycles. The van der Waals surface area contributed by atoms with Gasteiger partial charge < -0.3 is 19.0 Å². The van der Waals surface area contributed by atoms with Gasteiger partial charge in [0, 0.05) is 38.8 Å². The monoisotopic (exact) mass is 372 g/mol. The maximum atomic E-state index is 12.2. The third-order valence-electron chi connectivity index (χ3n) is 4.53. The van der Waals surface area contributed by atoms with Crippen LogP contribution in [0.4, 0.5) is 15.3 Å². The van der Waals surface area contributed by atoms with Crippen molar-refractivity contribution in [3.8, 4) is 0 Å². The Hall–Kier alpha value is -3.03. The second kappa shape index (κ2) is 8.57. The molecule has 3 rings (SSSR count). The molecule has 1 aromatic heterocycles. The lowest BCUT2D eigenvalue weighted by molar-refractivity contribution is 0.146. The van der Waals surface area contributed by atoms with Crippen LogP contribution < -0.4 is 5.32 Å². The van der Waals surface area contributed by atoms with Crippen LogP contribution in [0.5, 0.6) is 0 Å². The van der Waals surface area contributed by atoms with Crippen LogP contribution in [0.15, 0.2) is 41.3 Å². The standard InChI is InChI=1S/C19H24N4O4/c1-22(2)19(25)23-9-3-4-15(11-23)14-5-7-16(8-6-14)21-18(24)26-12-17-10-20-13-27-17/h5-8,10,13,15H,3-4,9,11-12H2,1-2H3,(H,21,24). The van der Waals surface area contributed by atoms with Crippen molar-refractivity contribution in [1.29, 1.82) is 0 Å². The molecule has 0 aliphatic carbocycles. The van der Waals surface area contributed by atoms with E-state index >= 15 is 0 Å². The summed E-state index contributed by atoms with van der Waals surface area (Å²) in [5.41, 5.74) is 1.81. The topological polar surface area (TPSA) is 87.9 Å². The SMILES string of the molecule is CN(C)C(=O)N1CCCC(c2ccc(NC(=O)OCc3cnco3)cc2)C1. The zero-order chi connectivity index (χ0) is 19.2. The van der Waals surface area contributed by atoms with Crippen LogP contribution in [-0.2, 0) is 11.3 Å². The van der Waals surface area contributed by atoms with Gasteiger partial charge in [0.25, 0.3) is 0 Å². The van der Waals surface area contributed by atoms with Gasteiger partial charge >= 0.3 is 12.1 Å². The van der Waals surface area contributed by atoms with Crippen molar-refractivity contribution in [2.75, 3.05) is 32.5 Å². The van der Waals surface area contributed by atoms with Crippen LogP contribution in [0.2, 0.25) is 0 Å². The Morgan fingerprint density at radius 2 is 2.11 bits per heavy atom. The minimum atomic E-state index is -0.556. The molecular formula is C19H24N4O4. The van der Waals surface area contributed by atoms with E-state index in [1.165, 1.54) is 12.6 Å². The smallest absolute Gasteiger partial charge is 0.412 e. The summed E-state index contributed by atoms with van der Waals surface area (Å²) in [6, 6.07) is 7.71. The second-order valence-corrected chi connectivity index (χ2v) is 6.75. The molecule has 1 aliphatic rings. The molecule has 1 unspecified atom stereocenters. The molecule has 1 aromatic carbocycles. The van der Waals surface area contributed by atoms with Gasteiger partial charge in [-0.3, -0.25) is 5.32 Å². The van der Waals surface area contributed by atoms with Crippen molar-refractivity contribution in [3.05, 3.63) is 48.2 Å². The van der Waals surface area contributed by atoms with Crippen molar-refractivity contribution < 1.29 is 18.7 Å². The van der Waals surface area contributed by atoms with Gasteiger partial charge in [-0.2, -0.15) is 0 Å². The number of ether oxygens (including phenoxy) is 1. The Kier molecular flexibility index (Phi) is 5.95. The fourth-order valence-corrected chi connectivity index (χ4v) is 3.15. The molecule has 0 spiro atoms. The number of likely N-dealkylation sites (tertiary alicyclic amines) is 1. The van der Waals surface area contributed by atoms with Crippen molar-refractivity contribution in [1.82, 2.24) is 14.8 Å². The quantitative estimate of drug-likeness (QED) is 0.890.